The van der Waals surface area contributed by atoms with Crippen LogP contribution in [0.25, 0.3) is 0 Å². The first-order valence-electron chi connectivity index (χ1n) is 6.96. The van der Waals surface area contributed by atoms with Crippen molar-refractivity contribution in [3.8, 4) is 0 Å². The molecular weight excluding hydrogens is 288 g/mol. The minimum atomic E-state index is -0.206. The highest BCUT2D eigenvalue weighted by molar-refractivity contribution is 6.31. The van der Waals surface area contributed by atoms with Crippen LogP contribution < -0.4 is 11.3 Å². The number of aromatic nitrogens is 2. The van der Waals surface area contributed by atoms with Crippen molar-refractivity contribution in [2.45, 2.75) is 25.9 Å². The maximum Gasteiger partial charge on any atom is 0.0893 e. The quantitative estimate of drug-likeness (QED) is 0.608. The van der Waals surface area contributed by atoms with Crippen molar-refractivity contribution in [1.29, 1.82) is 0 Å². The first-order chi connectivity index (χ1) is 10.2. The zero-order valence-corrected chi connectivity index (χ0v) is 13.1. The summed E-state index contributed by atoms with van der Waals surface area (Å²) in [4.78, 5) is 0. The SMILES string of the molecule is CCc1ccc(C(NN)c2c(Cl)cnn2CCOC)cc1. The van der Waals surface area contributed by atoms with Crippen LogP contribution in [0.1, 0.15) is 29.8 Å². The van der Waals surface area contributed by atoms with Crippen molar-refractivity contribution in [1.82, 2.24) is 15.2 Å². The largest absolute Gasteiger partial charge is 0.383 e. The van der Waals surface area contributed by atoms with Gasteiger partial charge in [-0.25, -0.2) is 5.43 Å². The molecule has 1 heterocycles. The number of aryl methyl sites for hydroxylation is 1. The Morgan fingerprint density at radius 2 is 2.10 bits per heavy atom. The third kappa shape index (κ3) is 3.63. The van der Waals surface area contributed by atoms with E-state index in [0.29, 0.717) is 18.2 Å². The second-order valence-corrected chi connectivity index (χ2v) is 5.20. The van der Waals surface area contributed by atoms with E-state index in [4.69, 9.17) is 22.2 Å². The van der Waals surface area contributed by atoms with E-state index in [9.17, 15) is 0 Å². The smallest absolute Gasteiger partial charge is 0.0893 e. The molecule has 1 atom stereocenters. The third-order valence-corrected chi connectivity index (χ3v) is 3.79. The van der Waals surface area contributed by atoms with Gasteiger partial charge in [0.25, 0.3) is 0 Å². The van der Waals surface area contributed by atoms with Gasteiger partial charge in [-0.1, -0.05) is 42.8 Å². The van der Waals surface area contributed by atoms with Crippen LogP contribution in [0.4, 0.5) is 0 Å². The molecule has 5 nitrogen and oxygen atoms in total. The minimum absolute atomic E-state index is 0.206. The normalized spacial score (nSPS) is 12.6. The maximum absolute atomic E-state index is 6.29. The van der Waals surface area contributed by atoms with Crippen molar-refractivity contribution >= 4 is 11.6 Å². The molecule has 0 aliphatic carbocycles. The zero-order valence-electron chi connectivity index (χ0n) is 12.3. The van der Waals surface area contributed by atoms with Crippen molar-refractivity contribution in [2.24, 2.45) is 5.84 Å². The molecule has 0 spiro atoms. The highest BCUT2D eigenvalue weighted by Gasteiger charge is 2.21. The number of ether oxygens (including phenoxy) is 1. The van der Waals surface area contributed by atoms with E-state index in [1.54, 1.807) is 13.3 Å². The van der Waals surface area contributed by atoms with Gasteiger partial charge in [-0.05, 0) is 17.5 Å². The molecule has 0 aliphatic heterocycles. The predicted molar refractivity (Wildman–Crippen MR) is 84.1 cm³/mol. The summed E-state index contributed by atoms with van der Waals surface area (Å²) in [7, 11) is 1.66. The van der Waals surface area contributed by atoms with Gasteiger partial charge in [0, 0.05) is 7.11 Å². The van der Waals surface area contributed by atoms with E-state index in [1.165, 1.54) is 5.56 Å². The van der Waals surface area contributed by atoms with Gasteiger partial charge >= 0.3 is 0 Å². The molecule has 114 valence electrons. The lowest BCUT2D eigenvalue weighted by molar-refractivity contribution is 0.182. The van der Waals surface area contributed by atoms with Gasteiger partial charge in [0.1, 0.15) is 0 Å². The Morgan fingerprint density at radius 3 is 2.67 bits per heavy atom. The molecule has 1 aromatic heterocycles. The van der Waals surface area contributed by atoms with Gasteiger partial charge in [0.2, 0.25) is 0 Å². The second kappa shape index (κ2) is 7.56. The fourth-order valence-electron chi connectivity index (χ4n) is 2.29. The number of nitrogens with zero attached hydrogens (tertiary/aromatic N) is 2. The Labute approximate surface area is 130 Å². The van der Waals surface area contributed by atoms with Crippen LogP contribution in [0.15, 0.2) is 30.5 Å². The van der Waals surface area contributed by atoms with Crippen LogP contribution in [-0.2, 0) is 17.7 Å². The molecule has 0 fully saturated rings. The first-order valence-corrected chi connectivity index (χ1v) is 7.34. The van der Waals surface area contributed by atoms with Gasteiger partial charge in [-0.2, -0.15) is 5.10 Å². The van der Waals surface area contributed by atoms with E-state index in [1.807, 2.05) is 4.68 Å². The summed E-state index contributed by atoms with van der Waals surface area (Å²) >= 11 is 6.29. The summed E-state index contributed by atoms with van der Waals surface area (Å²) in [5.74, 6) is 5.75. The molecule has 1 aromatic carbocycles. The van der Waals surface area contributed by atoms with Crippen molar-refractivity contribution in [2.75, 3.05) is 13.7 Å². The molecule has 6 heteroatoms. The fraction of sp³-hybridized carbons (Fsp3) is 0.400. The fourth-order valence-corrected chi connectivity index (χ4v) is 2.54. The van der Waals surface area contributed by atoms with Crippen LogP contribution >= 0.6 is 11.6 Å². The molecule has 0 saturated heterocycles. The highest BCUT2D eigenvalue weighted by Crippen LogP contribution is 2.28. The maximum atomic E-state index is 6.29. The lowest BCUT2D eigenvalue weighted by atomic mass is 10.0. The highest BCUT2D eigenvalue weighted by atomic mass is 35.5. The Hall–Kier alpha value is -1.40. The van der Waals surface area contributed by atoms with Crippen molar-refractivity contribution in [3.05, 3.63) is 52.3 Å². The molecular formula is C15H21ClN4O. The van der Waals surface area contributed by atoms with Gasteiger partial charge in [0.15, 0.2) is 0 Å². The van der Waals surface area contributed by atoms with Gasteiger partial charge in [-0.15, -0.1) is 0 Å². The second-order valence-electron chi connectivity index (χ2n) is 4.79. The van der Waals surface area contributed by atoms with Gasteiger partial charge in [-0.3, -0.25) is 10.5 Å². The molecule has 1 unspecified atom stereocenters. The number of benzene rings is 1. The van der Waals surface area contributed by atoms with E-state index in [-0.39, 0.29) is 6.04 Å². The van der Waals surface area contributed by atoms with Crippen LogP contribution in [0, 0.1) is 0 Å². The lowest BCUT2D eigenvalue weighted by Crippen LogP contribution is -2.31. The molecule has 2 aromatic rings. The summed E-state index contributed by atoms with van der Waals surface area (Å²) in [5.41, 5.74) is 6.01. The Kier molecular flexibility index (Phi) is 5.76. The molecule has 2 rings (SSSR count). The summed E-state index contributed by atoms with van der Waals surface area (Å²) in [6, 6.07) is 8.12. The third-order valence-electron chi connectivity index (χ3n) is 3.50. The average molecular weight is 309 g/mol. The van der Waals surface area contributed by atoms with Crippen LogP contribution in [0.5, 0.6) is 0 Å². The topological polar surface area (TPSA) is 65.1 Å². The van der Waals surface area contributed by atoms with Crippen LogP contribution in [-0.4, -0.2) is 23.5 Å². The minimum Gasteiger partial charge on any atom is -0.383 e. The van der Waals surface area contributed by atoms with Crippen molar-refractivity contribution < 1.29 is 4.74 Å². The molecule has 0 bridgehead atoms. The van der Waals surface area contributed by atoms with E-state index in [0.717, 1.165) is 17.7 Å². The first kappa shape index (κ1) is 16.0. The number of halogens is 1. The number of rotatable bonds is 7. The van der Waals surface area contributed by atoms with E-state index in [2.05, 4.69) is 41.7 Å². The summed E-state index contributed by atoms with van der Waals surface area (Å²) in [5, 5.41) is 4.88. The number of methoxy groups -OCH3 is 1. The molecule has 3 N–H and O–H groups in total. The molecule has 0 aliphatic rings. The standard InChI is InChI=1S/C15H21ClN4O/c1-3-11-4-6-12(7-5-11)14(19-17)15-13(16)10-18-20(15)8-9-21-2/h4-7,10,14,19H,3,8-9,17H2,1-2H3. The number of hydrogen-bond acceptors (Lipinski definition) is 4. The molecule has 0 saturated carbocycles. The lowest BCUT2D eigenvalue weighted by Gasteiger charge is -2.19. The van der Waals surface area contributed by atoms with Crippen LogP contribution in [0.3, 0.4) is 0 Å². The monoisotopic (exact) mass is 308 g/mol. The average Bonchev–Trinajstić information content (AvgIpc) is 2.88. The number of hydrogen-bond donors (Lipinski definition) is 2. The predicted octanol–water partition coefficient (Wildman–Crippen LogP) is 2.30. The van der Waals surface area contributed by atoms with Crippen LogP contribution in [0.2, 0.25) is 5.02 Å². The Balaban J connectivity index is 2.33. The number of hydrazine groups is 1. The number of nitrogens with two attached hydrogens (primary N) is 1. The van der Waals surface area contributed by atoms with E-state index < -0.39 is 0 Å². The molecule has 0 amide bonds. The number of nitrogens with one attached hydrogen (secondary N) is 1. The van der Waals surface area contributed by atoms with Gasteiger partial charge < -0.3 is 4.74 Å². The van der Waals surface area contributed by atoms with E-state index >= 15 is 0 Å². The Morgan fingerprint density at radius 1 is 1.38 bits per heavy atom. The summed E-state index contributed by atoms with van der Waals surface area (Å²) < 4.78 is 6.93. The van der Waals surface area contributed by atoms with Gasteiger partial charge in [0.05, 0.1) is 36.1 Å². The molecule has 21 heavy (non-hydrogen) atoms. The summed E-state index contributed by atoms with van der Waals surface area (Å²) in [6.07, 6.45) is 2.64. The Bertz CT molecular complexity index is 568. The molecule has 0 radical (unpaired) electrons. The van der Waals surface area contributed by atoms with Crippen molar-refractivity contribution in [3.63, 3.8) is 0 Å². The zero-order chi connectivity index (χ0) is 15.2. The summed E-state index contributed by atoms with van der Waals surface area (Å²) in [6.45, 7) is 3.32.